The Morgan fingerprint density at radius 1 is 1.07 bits per heavy atom. The summed E-state index contributed by atoms with van der Waals surface area (Å²) in [5.41, 5.74) is -0.429. The Kier molecular flexibility index (Phi) is 8.79. The molecule has 1 saturated carbocycles. The van der Waals surface area contributed by atoms with Crippen molar-refractivity contribution in [2.75, 3.05) is 6.61 Å². The van der Waals surface area contributed by atoms with Gasteiger partial charge < -0.3 is 24.1 Å². The first-order valence-electron chi connectivity index (χ1n) is 17.1. The number of carbonyl (C=O) groups excluding carboxylic acids is 2. The molecule has 0 aromatic heterocycles. The molecule has 0 amide bonds. The SMILES string of the molecule is C=C(C)[C@]12C[C@@H](C)[C@@]34OC(Cc5ccccc5)(O[C@@H]1[C@@H]3C=C(COC(=O)CCCCCCCCC)C[C@]1(O)C(=O)C(C)=C[C@@H]41)O2. The highest BCUT2D eigenvalue weighted by molar-refractivity contribution is 6.04. The van der Waals surface area contributed by atoms with Gasteiger partial charge in [-0.25, -0.2) is 0 Å². The number of aliphatic hydroxyl groups is 1. The van der Waals surface area contributed by atoms with Gasteiger partial charge in [0.1, 0.15) is 23.9 Å². The van der Waals surface area contributed by atoms with Crippen LogP contribution in [0.4, 0.5) is 0 Å². The minimum absolute atomic E-state index is 0.0143. The zero-order valence-electron chi connectivity index (χ0n) is 27.4. The second kappa shape index (κ2) is 12.2. The molecule has 2 saturated heterocycles. The highest BCUT2D eigenvalue weighted by atomic mass is 16.9. The number of unbranched alkanes of at least 4 members (excludes halogenated alkanes) is 6. The molecular weight excluding hydrogens is 568 g/mol. The first-order valence-corrected chi connectivity index (χ1v) is 17.1. The monoisotopic (exact) mass is 618 g/mol. The highest BCUT2D eigenvalue weighted by Crippen LogP contribution is 2.68. The van der Waals surface area contributed by atoms with Crippen LogP contribution in [0, 0.1) is 17.8 Å². The fourth-order valence-electron chi connectivity index (χ4n) is 8.96. The summed E-state index contributed by atoms with van der Waals surface area (Å²) in [7, 11) is 0. The summed E-state index contributed by atoms with van der Waals surface area (Å²) in [5, 5.41) is 12.4. The summed E-state index contributed by atoms with van der Waals surface area (Å²) in [5.74, 6) is -3.06. The zero-order chi connectivity index (χ0) is 32.0. The van der Waals surface area contributed by atoms with E-state index in [1.807, 2.05) is 43.3 Å². The number of ketones is 1. The molecule has 3 fully saturated rings. The highest BCUT2D eigenvalue weighted by Gasteiger charge is 2.79. The predicted octanol–water partition coefficient (Wildman–Crippen LogP) is 6.93. The van der Waals surface area contributed by atoms with Crippen LogP contribution in [0.1, 0.15) is 97.5 Å². The Hall–Kier alpha value is -2.58. The third-order valence-electron chi connectivity index (χ3n) is 11.1. The van der Waals surface area contributed by atoms with Crippen molar-refractivity contribution in [2.24, 2.45) is 17.8 Å². The van der Waals surface area contributed by atoms with Crippen LogP contribution in [-0.4, -0.2) is 52.3 Å². The van der Waals surface area contributed by atoms with E-state index in [2.05, 4.69) is 26.5 Å². The first kappa shape index (κ1) is 32.4. The molecule has 1 aromatic carbocycles. The lowest BCUT2D eigenvalue weighted by Crippen LogP contribution is -2.70. The maximum Gasteiger partial charge on any atom is 0.306 e. The van der Waals surface area contributed by atoms with Crippen LogP contribution in [0.5, 0.6) is 0 Å². The Balaban J connectivity index is 1.31. The van der Waals surface area contributed by atoms with E-state index in [0.29, 0.717) is 30.4 Å². The van der Waals surface area contributed by atoms with Crippen LogP contribution < -0.4 is 0 Å². The van der Waals surface area contributed by atoms with Crippen molar-refractivity contribution in [3.8, 4) is 0 Å². The van der Waals surface area contributed by atoms with Crippen molar-refractivity contribution >= 4 is 11.8 Å². The summed E-state index contributed by atoms with van der Waals surface area (Å²) in [6.45, 7) is 12.5. The van der Waals surface area contributed by atoms with Gasteiger partial charge in [0, 0.05) is 24.7 Å². The normalized spacial score (nSPS) is 37.8. The lowest BCUT2D eigenvalue weighted by molar-refractivity contribution is -0.421. The van der Waals surface area contributed by atoms with Crippen LogP contribution >= 0.6 is 0 Å². The van der Waals surface area contributed by atoms with Gasteiger partial charge in [0.25, 0.3) is 5.97 Å². The maximum atomic E-state index is 13.8. The van der Waals surface area contributed by atoms with Crippen LogP contribution in [-0.2, 0) is 35.0 Å². The molecule has 3 bridgehead atoms. The van der Waals surface area contributed by atoms with E-state index in [9.17, 15) is 14.7 Å². The quantitative estimate of drug-likeness (QED) is 0.146. The maximum absolute atomic E-state index is 13.8. The number of ether oxygens (including phenoxy) is 4. The molecular formula is C38H50O7. The standard InChI is InChI=1S/C38H50O7/c1-6-7-8-9-10-11-15-18-32(39)42-24-29-20-30-34-36(25(2)3)21-27(5)38(30,31-19-26(4)33(40)35(31,41)22-29)45-37(43-34,44-36)23-28-16-13-12-14-17-28/h12-14,16-17,19-20,27,30-31,34,41H,2,6-11,15,18,21-24H2,1,3-5H3/t27-,30+,31-,34-,35-,36-,37?,38-/m1/s1. The van der Waals surface area contributed by atoms with Gasteiger partial charge in [0.2, 0.25) is 0 Å². The van der Waals surface area contributed by atoms with Crippen LogP contribution in [0.3, 0.4) is 0 Å². The Morgan fingerprint density at radius 2 is 1.78 bits per heavy atom. The van der Waals surface area contributed by atoms with Gasteiger partial charge in [0.05, 0.1) is 12.0 Å². The van der Waals surface area contributed by atoms with Crippen molar-refractivity contribution < 1.29 is 33.6 Å². The first-order chi connectivity index (χ1) is 21.5. The van der Waals surface area contributed by atoms with Crippen molar-refractivity contribution in [1.82, 2.24) is 0 Å². The molecule has 2 heterocycles. The fraction of sp³-hybridized carbons (Fsp3) is 0.632. The molecule has 1 N–H and O–H groups in total. The van der Waals surface area contributed by atoms with Gasteiger partial charge >= 0.3 is 5.97 Å². The van der Waals surface area contributed by atoms with Crippen LogP contribution in [0.25, 0.3) is 0 Å². The van der Waals surface area contributed by atoms with Gasteiger partial charge in [-0.2, -0.15) is 0 Å². The smallest absolute Gasteiger partial charge is 0.306 e. The number of hydrogen-bond donors (Lipinski definition) is 1. The molecule has 3 aliphatic carbocycles. The van der Waals surface area contributed by atoms with Gasteiger partial charge in [0.15, 0.2) is 5.78 Å². The minimum atomic E-state index is -1.72. The molecule has 8 atom stereocenters. The van der Waals surface area contributed by atoms with E-state index >= 15 is 0 Å². The number of fused-ring (bicyclic) bond motifs is 2. The number of esters is 1. The summed E-state index contributed by atoms with van der Waals surface area (Å²) in [6, 6.07) is 9.96. The van der Waals surface area contributed by atoms with Gasteiger partial charge in [-0.15, -0.1) is 0 Å². The molecule has 7 nitrogen and oxygen atoms in total. The van der Waals surface area contributed by atoms with E-state index in [0.717, 1.165) is 30.4 Å². The second-order valence-electron chi connectivity index (χ2n) is 14.4. The number of Topliss-reactive ketones (excluding diaryl/α,β-unsaturated/α-hetero) is 1. The minimum Gasteiger partial charge on any atom is -0.461 e. The molecule has 2 aliphatic heterocycles. The average Bonchev–Trinajstić information content (AvgIpc) is 3.31. The molecule has 7 heteroatoms. The van der Waals surface area contributed by atoms with Crippen molar-refractivity contribution in [3.63, 3.8) is 0 Å². The molecule has 1 unspecified atom stereocenters. The van der Waals surface area contributed by atoms with Gasteiger partial charge in [-0.1, -0.05) is 101 Å². The number of hydrogen-bond acceptors (Lipinski definition) is 7. The Bertz CT molecular complexity index is 1380. The fourth-order valence-corrected chi connectivity index (χ4v) is 8.96. The average molecular weight is 619 g/mol. The predicted molar refractivity (Wildman–Crippen MR) is 171 cm³/mol. The van der Waals surface area contributed by atoms with Gasteiger partial charge in [-0.3, -0.25) is 9.59 Å². The number of benzene rings is 1. The van der Waals surface area contributed by atoms with Crippen molar-refractivity contribution in [3.05, 3.63) is 71.3 Å². The lowest BCUT2D eigenvalue weighted by atomic mass is 9.55. The summed E-state index contributed by atoms with van der Waals surface area (Å²) in [4.78, 5) is 26.6. The molecule has 5 aliphatic rings. The molecule has 244 valence electrons. The number of carbonyl (C=O) groups is 2. The topological polar surface area (TPSA) is 91.3 Å². The molecule has 45 heavy (non-hydrogen) atoms. The number of rotatable bonds is 13. The largest absolute Gasteiger partial charge is 0.461 e. The van der Waals surface area contributed by atoms with E-state index in [1.54, 1.807) is 6.92 Å². The summed E-state index contributed by atoms with van der Waals surface area (Å²) >= 11 is 0. The lowest BCUT2D eigenvalue weighted by Gasteiger charge is -2.59. The van der Waals surface area contributed by atoms with E-state index in [1.165, 1.54) is 25.7 Å². The van der Waals surface area contributed by atoms with Crippen LogP contribution in [0.2, 0.25) is 0 Å². The molecule has 0 radical (unpaired) electrons. The summed E-state index contributed by atoms with van der Waals surface area (Å²) < 4.78 is 26.7. The van der Waals surface area contributed by atoms with Crippen LogP contribution in [0.15, 0.2) is 65.8 Å². The van der Waals surface area contributed by atoms with Gasteiger partial charge in [-0.05, 0) is 54.9 Å². The van der Waals surface area contributed by atoms with Crippen molar-refractivity contribution in [2.45, 2.75) is 127 Å². The van der Waals surface area contributed by atoms with E-state index in [-0.39, 0.29) is 36.6 Å². The van der Waals surface area contributed by atoms with Crippen molar-refractivity contribution in [1.29, 1.82) is 0 Å². The zero-order valence-corrected chi connectivity index (χ0v) is 27.4. The van der Waals surface area contributed by atoms with E-state index in [4.69, 9.17) is 18.9 Å². The Labute approximate surface area is 268 Å². The Morgan fingerprint density at radius 3 is 2.49 bits per heavy atom. The molecule has 6 rings (SSSR count). The third kappa shape index (κ3) is 5.38. The molecule has 0 spiro atoms. The third-order valence-corrected chi connectivity index (χ3v) is 11.1. The molecule has 1 aromatic rings. The summed E-state index contributed by atoms with van der Waals surface area (Å²) in [6.07, 6.45) is 12.8. The van der Waals surface area contributed by atoms with E-state index < -0.39 is 34.8 Å². The second-order valence-corrected chi connectivity index (χ2v) is 14.4.